The number of nitrogens with one attached hydrogen (secondary N) is 1. The molecule has 6 heteroatoms. The van der Waals surface area contributed by atoms with E-state index in [0.717, 1.165) is 21.3 Å². The standard InChI is InChI=1S/C17H17BrN4O/c1-17(2,3)14-13-12(9-5-4-6-10(18)7-9)11(8-19)15(20)23-16(13)22-21-14/h4-7,12H,20H2,1-3H3,(H,21,22). The minimum Gasteiger partial charge on any atom is -0.420 e. The summed E-state index contributed by atoms with van der Waals surface area (Å²) in [6, 6.07) is 10.1. The van der Waals surface area contributed by atoms with Crippen molar-refractivity contribution in [2.45, 2.75) is 32.1 Å². The number of hydrogen-bond donors (Lipinski definition) is 2. The molecule has 0 amide bonds. The van der Waals surface area contributed by atoms with Gasteiger partial charge in [0, 0.05) is 15.6 Å². The first-order valence-corrected chi connectivity index (χ1v) is 8.04. The van der Waals surface area contributed by atoms with Crippen LogP contribution < -0.4 is 10.5 Å². The van der Waals surface area contributed by atoms with Crippen molar-refractivity contribution in [3.8, 4) is 11.9 Å². The van der Waals surface area contributed by atoms with Gasteiger partial charge in [-0.25, -0.2) is 0 Å². The smallest absolute Gasteiger partial charge is 0.244 e. The van der Waals surface area contributed by atoms with Crippen molar-refractivity contribution in [3.05, 3.63) is 57.0 Å². The Hall–Kier alpha value is -2.26. The maximum atomic E-state index is 9.61. The highest BCUT2D eigenvalue weighted by atomic mass is 79.9. The predicted octanol–water partition coefficient (Wildman–Crippen LogP) is 3.69. The van der Waals surface area contributed by atoms with Gasteiger partial charge in [0.1, 0.15) is 11.6 Å². The number of fused-ring (bicyclic) bond motifs is 1. The van der Waals surface area contributed by atoms with E-state index in [2.05, 4.69) is 53.0 Å². The van der Waals surface area contributed by atoms with Gasteiger partial charge in [0.15, 0.2) is 0 Å². The third-order valence-corrected chi connectivity index (χ3v) is 4.36. The number of aromatic amines is 1. The molecule has 1 aromatic carbocycles. The second kappa shape index (κ2) is 5.43. The molecule has 1 unspecified atom stereocenters. The molecule has 118 valence electrons. The molecule has 1 aliphatic heterocycles. The Balaban J connectivity index is 2.28. The number of aromatic nitrogens is 2. The number of ether oxygens (including phenoxy) is 1. The molecule has 3 rings (SSSR count). The molecule has 1 aliphatic rings. The van der Waals surface area contributed by atoms with Crippen molar-refractivity contribution in [1.82, 2.24) is 10.2 Å². The largest absolute Gasteiger partial charge is 0.420 e. The lowest BCUT2D eigenvalue weighted by Gasteiger charge is -2.27. The van der Waals surface area contributed by atoms with Crippen LogP contribution in [0, 0.1) is 11.3 Å². The van der Waals surface area contributed by atoms with Gasteiger partial charge in [-0.1, -0.05) is 48.8 Å². The van der Waals surface area contributed by atoms with Crippen LogP contribution >= 0.6 is 15.9 Å². The number of hydrogen-bond acceptors (Lipinski definition) is 4. The van der Waals surface area contributed by atoms with Crippen LogP contribution in [0.25, 0.3) is 0 Å². The summed E-state index contributed by atoms with van der Waals surface area (Å²) < 4.78 is 6.52. The molecule has 1 atom stereocenters. The molecule has 23 heavy (non-hydrogen) atoms. The Bertz CT molecular complexity index is 839. The summed E-state index contributed by atoms with van der Waals surface area (Å²) in [5.74, 6) is 0.252. The molecule has 0 radical (unpaired) electrons. The van der Waals surface area contributed by atoms with Gasteiger partial charge in [-0.05, 0) is 17.7 Å². The van der Waals surface area contributed by atoms with E-state index in [1.165, 1.54) is 0 Å². The Labute approximate surface area is 143 Å². The highest BCUT2D eigenvalue weighted by Crippen LogP contribution is 2.45. The lowest BCUT2D eigenvalue weighted by atomic mass is 9.79. The quantitative estimate of drug-likeness (QED) is 0.798. The highest BCUT2D eigenvalue weighted by Gasteiger charge is 2.37. The van der Waals surface area contributed by atoms with Crippen LogP contribution in [0.2, 0.25) is 0 Å². The Morgan fingerprint density at radius 1 is 1.39 bits per heavy atom. The van der Waals surface area contributed by atoms with Crippen molar-refractivity contribution in [2.24, 2.45) is 5.73 Å². The molecule has 1 aromatic heterocycles. The van der Waals surface area contributed by atoms with Gasteiger partial charge < -0.3 is 10.5 Å². The van der Waals surface area contributed by atoms with Gasteiger partial charge in [-0.15, -0.1) is 5.10 Å². The van der Waals surface area contributed by atoms with Crippen LogP contribution in [0.15, 0.2) is 40.2 Å². The summed E-state index contributed by atoms with van der Waals surface area (Å²) in [7, 11) is 0. The molecule has 0 saturated heterocycles. The Morgan fingerprint density at radius 3 is 2.74 bits per heavy atom. The van der Waals surface area contributed by atoms with Crippen LogP contribution in [0.5, 0.6) is 5.88 Å². The van der Waals surface area contributed by atoms with Gasteiger partial charge in [-0.3, -0.25) is 5.10 Å². The summed E-state index contributed by atoms with van der Waals surface area (Å²) in [5, 5.41) is 16.9. The molecular weight excluding hydrogens is 356 g/mol. The molecule has 2 heterocycles. The Morgan fingerprint density at radius 2 is 2.13 bits per heavy atom. The summed E-state index contributed by atoms with van der Waals surface area (Å²) in [5.41, 5.74) is 8.98. The summed E-state index contributed by atoms with van der Waals surface area (Å²) in [6.45, 7) is 6.27. The van der Waals surface area contributed by atoms with E-state index in [9.17, 15) is 5.26 Å². The molecule has 0 aliphatic carbocycles. The first kappa shape index (κ1) is 15.6. The second-order valence-electron chi connectivity index (χ2n) is 6.55. The molecule has 0 bridgehead atoms. The molecule has 5 nitrogen and oxygen atoms in total. The van der Waals surface area contributed by atoms with Crippen LogP contribution in [-0.4, -0.2) is 10.2 Å². The fourth-order valence-corrected chi connectivity index (χ4v) is 3.25. The average molecular weight is 373 g/mol. The minimum atomic E-state index is -0.297. The zero-order valence-corrected chi connectivity index (χ0v) is 14.7. The third kappa shape index (κ3) is 2.62. The van der Waals surface area contributed by atoms with Crippen molar-refractivity contribution in [1.29, 1.82) is 5.26 Å². The van der Waals surface area contributed by atoms with Crippen LogP contribution in [0.3, 0.4) is 0 Å². The molecule has 0 spiro atoms. The molecule has 0 saturated carbocycles. The number of nitriles is 1. The number of benzene rings is 1. The van der Waals surface area contributed by atoms with Crippen molar-refractivity contribution in [3.63, 3.8) is 0 Å². The maximum absolute atomic E-state index is 9.61. The lowest BCUT2D eigenvalue weighted by Crippen LogP contribution is -2.23. The summed E-state index contributed by atoms with van der Waals surface area (Å²) in [4.78, 5) is 0. The molecular formula is C17H17BrN4O. The van der Waals surface area contributed by atoms with Gasteiger partial charge in [0.2, 0.25) is 11.8 Å². The van der Waals surface area contributed by atoms with Crippen molar-refractivity contribution < 1.29 is 4.74 Å². The van der Waals surface area contributed by atoms with E-state index in [-0.39, 0.29) is 17.2 Å². The lowest BCUT2D eigenvalue weighted by molar-refractivity contribution is 0.378. The van der Waals surface area contributed by atoms with E-state index in [4.69, 9.17) is 10.5 Å². The van der Waals surface area contributed by atoms with E-state index in [1.807, 2.05) is 24.3 Å². The van der Waals surface area contributed by atoms with E-state index < -0.39 is 0 Å². The maximum Gasteiger partial charge on any atom is 0.244 e. The number of rotatable bonds is 1. The number of nitrogens with two attached hydrogens (primary N) is 1. The van der Waals surface area contributed by atoms with Crippen LogP contribution in [-0.2, 0) is 5.41 Å². The summed E-state index contributed by atoms with van der Waals surface area (Å²) in [6.07, 6.45) is 0. The fourth-order valence-electron chi connectivity index (χ4n) is 2.84. The SMILES string of the molecule is CC(C)(C)c1[nH]nc2c1C(c1cccc(Br)c1)C(C#N)=C(N)O2. The first-order valence-electron chi connectivity index (χ1n) is 7.24. The van der Waals surface area contributed by atoms with Crippen molar-refractivity contribution >= 4 is 15.9 Å². The van der Waals surface area contributed by atoms with E-state index >= 15 is 0 Å². The fraction of sp³-hybridized carbons (Fsp3) is 0.294. The normalized spacial score (nSPS) is 17.4. The highest BCUT2D eigenvalue weighted by molar-refractivity contribution is 9.10. The van der Waals surface area contributed by atoms with Gasteiger partial charge in [0.25, 0.3) is 0 Å². The zero-order valence-electron chi connectivity index (χ0n) is 13.1. The molecule has 0 fully saturated rings. The first-order chi connectivity index (χ1) is 10.8. The second-order valence-corrected chi connectivity index (χ2v) is 7.46. The van der Waals surface area contributed by atoms with E-state index in [1.54, 1.807) is 0 Å². The number of allylic oxidation sites excluding steroid dienone is 1. The number of nitrogens with zero attached hydrogens (tertiary/aromatic N) is 2. The topological polar surface area (TPSA) is 87.7 Å². The zero-order chi connectivity index (χ0) is 16.8. The molecule has 3 N–H and O–H groups in total. The summed E-state index contributed by atoms with van der Waals surface area (Å²) >= 11 is 3.49. The number of halogens is 1. The third-order valence-electron chi connectivity index (χ3n) is 3.87. The van der Waals surface area contributed by atoms with Gasteiger partial charge in [0.05, 0.1) is 11.5 Å². The van der Waals surface area contributed by atoms with Gasteiger partial charge in [-0.2, -0.15) is 5.26 Å². The van der Waals surface area contributed by atoms with Crippen molar-refractivity contribution in [2.75, 3.05) is 0 Å². The minimum absolute atomic E-state index is 0.108. The average Bonchev–Trinajstić information content (AvgIpc) is 2.89. The Kier molecular flexibility index (Phi) is 3.69. The van der Waals surface area contributed by atoms with Gasteiger partial charge >= 0.3 is 0 Å². The monoisotopic (exact) mass is 372 g/mol. The molecule has 2 aromatic rings. The predicted molar refractivity (Wildman–Crippen MR) is 90.7 cm³/mol. The van der Waals surface area contributed by atoms with E-state index in [0.29, 0.717) is 11.5 Å². The number of H-pyrrole nitrogens is 1. The van der Waals surface area contributed by atoms with Crippen LogP contribution in [0.4, 0.5) is 0 Å². The van der Waals surface area contributed by atoms with Crippen LogP contribution in [0.1, 0.15) is 43.5 Å².